The predicted octanol–water partition coefficient (Wildman–Crippen LogP) is 2.77. The lowest BCUT2D eigenvalue weighted by atomic mass is 10.4. The van der Waals surface area contributed by atoms with Gasteiger partial charge >= 0.3 is 8.03 Å². The zero-order chi connectivity index (χ0) is 19.0. The molecule has 0 saturated heterocycles. The smallest absolute Gasteiger partial charge is 0.382 e. The van der Waals surface area contributed by atoms with Gasteiger partial charge in [-0.25, -0.2) is 0 Å². The van der Waals surface area contributed by atoms with Gasteiger partial charge in [0.25, 0.3) is 0 Å². The minimum Gasteiger partial charge on any atom is -0.382 e. The first-order chi connectivity index (χ1) is 11.9. The van der Waals surface area contributed by atoms with Gasteiger partial charge in [0, 0.05) is 19.9 Å². The van der Waals surface area contributed by atoms with Gasteiger partial charge in [-0.2, -0.15) is 0 Å². The fourth-order valence-corrected chi connectivity index (χ4v) is 3.59. The molecule has 0 fully saturated rings. The second kappa shape index (κ2) is 16.3. The highest BCUT2D eigenvalue weighted by Crippen LogP contribution is 2.41. The molecule has 0 aliphatic heterocycles. The third kappa shape index (κ3) is 16.0. The SMILES string of the molecule is CCO[P+](=O)CCOCC(COCCOC)OCCP(C)(=O)OCC. The molecule has 0 aliphatic carbocycles. The first-order valence-electron chi connectivity index (χ1n) is 8.49. The van der Waals surface area contributed by atoms with Crippen molar-refractivity contribution in [1.82, 2.24) is 0 Å². The van der Waals surface area contributed by atoms with E-state index in [0.717, 1.165) is 0 Å². The summed E-state index contributed by atoms with van der Waals surface area (Å²) in [5.41, 5.74) is 0. The molecule has 0 aliphatic rings. The highest BCUT2D eigenvalue weighted by Gasteiger charge is 2.19. The summed E-state index contributed by atoms with van der Waals surface area (Å²) >= 11 is 0. The molecule has 0 radical (unpaired) electrons. The van der Waals surface area contributed by atoms with Gasteiger partial charge in [-0.1, -0.05) is 0 Å². The van der Waals surface area contributed by atoms with Gasteiger partial charge in [0.2, 0.25) is 13.5 Å². The monoisotopic (exact) mass is 403 g/mol. The van der Waals surface area contributed by atoms with Crippen LogP contribution in [0.25, 0.3) is 0 Å². The van der Waals surface area contributed by atoms with Gasteiger partial charge in [0.05, 0.1) is 52.9 Å². The third-order valence-electron chi connectivity index (χ3n) is 2.98. The highest BCUT2D eigenvalue weighted by atomic mass is 31.2. The number of methoxy groups -OCH3 is 1. The molecule has 0 aromatic carbocycles. The normalized spacial score (nSPS) is 15.8. The molecule has 10 heteroatoms. The topological polar surface area (TPSA) is 89.5 Å². The molecule has 0 bridgehead atoms. The molecule has 150 valence electrons. The Balaban J connectivity index is 4.12. The van der Waals surface area contributed by atoms with E-state index in [-0.39, 0.29) is 6.10 Å². The van der Waals surface area contributed by atoms with E-state index < -0.39 is 15.4 Å². The van der Waals surface area contributed by atoms with Crippen LogP contribution >= 0.6 is 15.4 Å². The van der Waals surface area contributed by atoms with Gasteiger partial charge < -0.3 is 23.5 Å². The Morgan fingerprint density at radius 2 is 1.68 bits per heavy atom. The van der Waals surface area contributed by atoms with Crippen LogP contribution < -0.4 is 0 Å². The van der Waals surface area contributed by atoms with E-state index in [2.05, 4.69) is 0 Å². The van der Waals surface area contributed by atoms with Crippen molar-refractivity contribution < 1.29 is 37.1 Å². The van der Waals surface area contributed by atoms with E-state index in [4.69, 9.17) is 28.0 Å². The highest BCUT2D eigenvalue weighted by molar-refractivity contribution is 7.58. The number of rotatable bonds is 18. The van der Waals surface area contributed by atoms with Crippen LogP contribution in [0.3, 0.4) is 0 Å². The zero-order valence-electron chi connectivity index (χ0n) is 15.8. The molecule has 0 N–H and O–H groups in total. The summed E-state index contributed by atoms with van der Waals surface area (Å²) in [6.07, 6.45) is 0.379. The summed E-state index contributed by atoms with van der Waals surface area (Å²) in [5, 5.41) is 0. The molecule has 0 aromatic rings. The Kier molecular flexibility index (Phi) is 16.3. The summed E-state index contributed by atoms with van der Waals surface area (Å²) in [4.78, 5) is 0. The van der Waals surface area contributed by atoms with E-state index in [1.807, 2.05) is 6.92 Å². The summed E-state index contributed by atoms with van der Waals surface area (Å²) in [7, 11) is -2.69. The van der Waals surface area contributed by atoms with Crippen molar-refractivity contribution >= 4 is 15.4 Å². The van der Waals surface area contributed by atoms with Crippen LogP contribution in [0, 0.1) is 0 Å². The second-order valence-corrected chi connectivity index (χ2v) is 9.37. The van der Waals surface area contributed by atoms with Crippen molar-refractivity contribution in [3.8, 4) is 0 Å². The zero-order valence-corrected chi connectivity index (χ0v) is 17.6. The lowest BCUT2D eigenvalue weighted by molar-refractivity contribution is -0.0597. The van der Waals surface area contributed by atoms with Crippen LogP contribution in [0.15, 0.2) is 0 Å². The standard InChI is InChI=1S/C15H33O8P2/c1-5-22-24(16)11-9-20-14-15(13-19-8-7-18-3)21-10-12-25(4,17)23-6-2/h15H,5-14H2,1-4H3/q+1. The quantitative estimate of drug-likeness (QED) is 0.255. The van der Waals surface area contributed by atoms with Crippen LogP contribution in [0.4, 0.5) is 0 Å². The Bertz CT molecular complexity index is 381. The van der Waals surface area contributed by atoms with E-state index in [1.54, 1.807) is 20.7 Å². The minimum absolute atomic E-state index is 0.294. The molecule has 0 rings (SSSR count). The van der Waals surface area contributed by atoms with Crippen molar-refractivity contribution in [2.45, 2.75) is 20.0 Å². The summed E-state index contributed by atoms with van der Waals surface area (Å²) < 4.78 is 55.3. The summed E-state index contributed by atoms with van der Waals surface area (Å²) in [5.74, 6) is 0. The van der Waals surface area contributed by atoms with Crippen molar-refractivity contribution in [2.75, 3.05) is 79.0 Å². The molecule has 3 unspecified atom stereocenters. The maximum Gasteiger partial charge on any atom is 0.510 e. The Morgan fingerprint density at radius 3 is 2.28 bits per heavy atom. The Labute approximate surface area is 152 Å². The predicted molar refractivity (Wildman–Crippen MR) is 97.4 cm³/mol. The number of ether oxygens (including phenoxy) is 4. The van der Waals surface area contributed by atoms with E-state index in [9.17, 15) is 9.13 Å². The maximum absolute atomic E-state index is 12.1. The maximum atomic E-state index is 12.1. The first kappa shape index (κ1) is 25.1. The van der Waals surface area contributed by atoms with Gasteiger partial charge in [-0.3, -0.25) is 4.57 Å². The van der Waals surface area contributed by atoms with Crippen molar-refractivity contribution in [3.63, 3.8) is 0 Å². The molecule has 0 heterocycles. The molecule has 0 spiro atoms. The van der Waals surface area contributed by atoms with Gasteiger partial charge in [-0.15, -0.1) is 4.52 Å². The molecule has 8 nitrogen and oxygen atoms in total. The van der Waals surface area contributed by atoms with Gasteiger partial charge in [0.1, 0.15) is 6.10 Å². The molecular formula is C15H33O8P2+. The first-order valence-corrected chi connectivity index (χ1v) is 12.1. The number of hydrogen-bond donors (Lipinski definition) is 0. The van der Waals surface area contributed by atoms with Crippen LogP contribution in [0.2, 0.25) is 0 Å². The molecule has 0 aromatic heterocycles. The van der Waals surface area contributed by atoms with Gasteiger partial charge in [0.15, 0.2) is 0 Å². The Hall–Kier alpha value is 0.0900. The van der Waals surface area contributed by atoms with Crippen molar-refractivity contribution in [3.05, 3.63) is 0 Å². The summed E-state index contributed by atoms with van der Waals surface area (Å²) in [6.45, 7) is 8.24. The lowest BCUT2D eigenvalue weighted by Crippen LogP contribution is -2.28. The van der Waals surface area contributed by atoms with E-state index in [1.165, 1.54) is 0 Å². The van der Waals surface area contributed by atoms with E-state index in [0.29, 0.717) is 65.2 Å². The minimum atomic E-state index is -2.62. The average molecular weight is 403 g/mol. The second-order valence-electron chi connectivity index (χ2n) is 5.27. The Morgan fingerprint density at radius 1 is 1.00 bits per heavy atom. The van der Waals surface area contributed by atoms with E-state index >= 15 is 0 Å². The molecule has 0 amide bonds. The molecule has 0 saturated carbocycles. The lowest BCUT2D eigenvalue weighted by Gasteiger charge is -2.19. The van der Waals surface area contributed by atoms with Crippen molar-refractivity contribution in [1.29, 1.82) is 0 Å². The molecule has 3 atom stereocenters. The fourth-order valence-electron chi connectivity index (χ4n) is 1.79. The average Bonchev–Trinajstić information content (AvgIpc) is 2.55. The molecule has 25 heavy (non-hydrogen) atoms. The van der Waals surface area contributed by atoms with Crippen LogP contribution in [0.1, 0.15) is 13.8 Å². The fraction of sp³-hybridized carbons (Fsp3) is 1.00. The third-order valence-corrected chi connectivity index (χ3v) is 5.88. The van der Waals surface area contributed by atoms with Crippen molar-refractivity contribution in [2.24, 2.45) is 0 Å². The van der Waals surface area contributed by atoms with Gasteiger partial charge in [-0.05, 0) is 18.4 Å². The molecular weight excluding hydrogens is 370 g/mol. The van der Waals surface area contributed by atoms with Crippen LogP contribution in [-0.4, -0.2) is 85.1 Å². The van der Waals surface area contributed by atoms with Crippen LogP contribution in [-0.2, 0) is 37.1 Å². The number of hydrogen-bond acceptors (Lipinski definition) is 8. The van der Waals surface area contributed by atoms with Crippen LogP contribution in [0.5, 0.6) is 0 Å². The summed E-state index contributed by atoms with van der Waals surface area (Å²) in [6, 6.07) is 0. The largest absolute Gasteiger partial charge is 0.510 e.